The second kappa shape index (κ2) is 2.54. The molecular formula is C11H9N3. The van der Waals surface area contributed by atoms with Crippen molar-refractivity contribution in [3.63, 3.8) is 0 Å². The predicted octanol–water partition coefficient (Wildman–Crippen LogP) is 2.19. The third-order valence-electron chi connectivity index (χ3n) is 2.51. The maximum absolute atomic E-state index is 4.04. The molecule has 0 radical (unpaired) electrons. The number of para-hydroxylation sites is 1. The smallest absolute Gasteiger partial charge is 0.161 e. The lowest BCUT2D eigenvalue weighted by Gasteiger charge is -2.03. The van der Waals surface area contributed by atoms with Crippen molar-refractivity contribution < 1.29 is 0 Å². The molecule has 0 aliphatic heterocycles. The minimum Gasteiger partial charge on any atom is -0.281 e. The minimum absolute atomic E-state index is 0.904. The standard InChI is InChI=1S/C11H9N3/c1-8-6-11-13-12-7-14(11)10-5-3-2-4-9(8)10/h2-7H,1H3. The van der Waals surface area contributed by atoms with Crippen LogP contribution in [-0.4, -0.2) is 14.6 Å². The van der Waals surface area contributed by atoms with E-state index in [9.17, 15) is 0 Å². The molecule has 3 rings (SSSR count). The van der Waals surface area contributed by atoms with Gasteiger partial charge in [-0.25, -0.2) is 0 Å². The van der Waals surface area contributed by atoms with Crippen LogP contribution in [0.15, 0.2) is 36.7 Å². The third kappa shape index (κ3) is 0.865. The molecule has 2 heterocycles. The Bertz CT molecular complexity index is 610. The minimum atomic E-state index is 0.904. The zero-order valence-corrected chi connectivity index (χ0v) is 7.81. The van der Waals surface area contributed by atoms with Gasteiger partial charge in [-0.1, -0.05) is 18.2 Å². The van der Waals surface area contributed by atoms with Gasteiger partial charge in [0.1, 0.15) is 6.33 Å². The highest BCUT2D eigenvalue weighted by molar-refractivity contribution is 5.85. The van der Waals surface area contributed by atoms with Crippen LogP contribution in [0.2, 0.25) is 0 Å². The summed E-state index contributed by atoms with van der Waals surface area (Å²) in [6, 6.07) is 10.3. The van der Waals surface area contributed by atoms with E-state index in [1.54, 1.807) is 6.33 Å². The summed E-state index contributed by atoms with van der Waals surface area (Å²) in [5.41, 5.74) is 3.30. The Hall–Kier alpha value is -1.90. The van der Waals surface area contributed by atoms with E-state index in [2.05, 4.69) is 35.3 Å². The van der Waals surface area contributed by atoms with Crippen molar-refractivity contribution in [3.05, 3.63) is 42.2 Å². The number of fused-ring (bicyclic) bond motifs is 3. The molecule has 14 heavy (non-hydrogen) atoms. The van der Waals surface area contributed by atoms with Crippen LogP contribution < -0.4 is 0 Å². The van der Waals surface area contributed by atoms with Gasteiger partial charge in [0.05, 0.1) is 5.52 Å². The summed E-state index contributed by atoms with van der Waals surface area (Å²) in [7, 11) is 0. The number of nitrogens with zero attached hydrogens (tertiary/aromatic N) is 3. The summed E-state index contributed by atoms with van der Waals surface area (Å²) in [4.78, 5) is 0. The van der Waals surface area contributed by atoms with Crippen molar-refractivity contribution in [1.29, 1.82) is 0 Å². The van der Waals surface area contributed by atoms with Gasteiger partial charge in [0, 0.05) is 5.39 Å². The van der Waals surface area contributed by atoms with Gasteiger partial charge in [-0.2, -0.15) is 0 Å². The first-order valence-corrected chi connectivity index (χ1v) is 4.54. The highest BCUT2D eigenvalue weighted by Gasteiger charge is 2.03. The van der Waals surface area contributed by atoms with E-state index in [0.717, 1.165) is 11.2 Å². The molecule has 0 amide bonds. The molecule has 3 nitrogen and oxygen atoms in total. The average Bonchev–Trinajstić information content (AvgIpc) is 2.66. The lowest BCUT2D eigenvalue weighted by atomic mass is 10.1. The Balaban J connectivity index is 2.67. The van der Waals surface area contributed by atoms with E-state index in [0.29, 0.717) is 0 Å². The van der Waals surface area contributed by atoms with Gasteiger partial charge >= 0.3 is 0 Å². The molecule has 0 aliphatic rings. The van der Waals surface area contributed by atoms with Crippen molar-refractivity contribution in [2.75, 3.05) is 0 Å². The molecule has 3 aromatic rings. The van der Waals surface area contributed by atoms with E-state index >= 15 is 0 Å². The topological polar surface area (TPSA) is 30.2 Å². The maximum Gasteiger partial charge on any atom is 0.161 e. The van der Waals surface area contributed by atoms with Gasteiger partial charge in [0.15, 0.2) is 5.65 Å². The zero-order valence-electron chi connectivity index (χ0n) is 7.81. The molecule has 3 heteroatoms. The Labute approximate surface area is 81.0 Å². The van der Waals surface area contributed by atoms with Crippen molar-refractivity contribution >= 4 is 16.6 Å². The molecule has 0 unspecified atom stereocenters. The molecule has 0 spiro atoms. The zero-order chi connectivity index (χ0) is 9.54. The van der Waals surface area contributed by atoms with Crippen molar-refractivity contribution in [1.82, 2.24) is 14.6 Å². The van der Waals surface area contributed by atoms with Crippen LogP contribution in [0.5, 0.6) is 0 Å². The molecule has 0 aliphatic carbocycles. The molecular weight excluding hydrogens is 174 g/mol. The number of rotatable bonds is 0. The largest absolute Gasteiger partial charge is 0.281 e. The first-order valence-electron chi connectivity index (χ1n) is 4.54. The normalized spacial score (nSPS) is 11.2. The van der Waals surface area contributed by atoms with E-state index in [1.807, 2.05) is 16.5 Å². The highest BCUT2D eigenvalue weighted by Crippen LogP contribution is 2.19. The number of pyridine rings is 1. The molecule has 0 saturated heterocycles. The van der Waals surface area contributed by atoms with Crippen molar-refractivity contribution in [2.24, 2.45) is 0 Å². The summed E-state index contributed by atoms with van der Waals surface area (Å²) in [6.07, 6.45) is 1.75. The average molecular weight is 183 g/mol. The first-order chi connectivity index (χ1) is 6.86. The molecule has 2 aromatic heterocycles. The Morgan fingerprint density at radius 1 is 1.21 bits per heavy atom. The second-order valence-corrected chi connectivity index (χ2v) is 3.40. The Kier molecular flexibility index (Phi) is 1.36. The number of hydrogen-bond donors (Lipinski definition) is 0. The molecule has 0 N–H and O–H groups in total. The van der Waals surface area contributed by atoms with Crippen molar-refractivity contribution in [3.8, 4) is 0 Å². The van der Waals surface area contributed by atoms with Gasteiger partial charge in [0.25, 0.3) is 0 Å². The lowest BCUT2D eigenvalue weighted by molar-refractivity contribution is 1.11. The van der Waals surface area contributed by atoms with Crippen LogP contribution >= 0.6 is 0 Å². The molecule has 68 valence electrons. The van der Waals surface area contributed by atoms with E-state index < -0.39 is 0 Å². The fourth-order valence-corrected chi connectivity index (χ4v) is 1.82. The SMILES string of the molecule is Cc1cc2nncn2c2ccccc12. The molecule has 0 fully saturated rings. The van der Waals surface area contributed by atoms with E-state index in [-0.39, 0.29) is 0 Å². The predicted molar refractivity (Wildman–Crippen MR) is 55.2 cm³/mol. The fraction of sp³-hybridized carbons (Fsp3) is 0.0909. The first kappa shape index (κ1) is 7.50. The monoisotopic (exact) mass is 183 g/mol. The summed E-state index contributed by atoms with van der Waals surface area (Å²) >= 11 is 0. The van der Waals surface area contributed by atoms with Crippen LogP contribution in [-0.2, 0) is 0 Å². The summed E-state index contributed by atoms with van der Waals surface area (Å²) < 4.78 is 2.00. The fourth-order valence-electron chi connectivity index (χ4n) is 1.82. The lowest BCUT2D eigenvalue weighted by Crippen LogP contribution is -1.89. The summed E-state index contributed by atoms with van der Waals surface area (Å²) in [6.45, 7) is 2.09. The third-order valence-corrected chi connectivity index (χ3v) is 2.51. The highest BCUT2D eigenvalue weighted by atomic mass is 15.2. The number of aryl methyl sites for hydroxylation is 1. The summed E-state index contributed by atoms with van der Waals surface area (Å²) in [5.74, 6) is 0. The number of hydrogen-bond acceptors (Lipinski definition) is 2. The number of aromatic nitrogens is 3. The second-order valence-electron chi connectivity index (χ2n) is 3.40. The molecule has 0 atom stereocenters. The van der Waals surface area contributed by atoms with Gasteiger partial charge in [-0.15, -0.1) is 10.2 Å². The van der Waals surface area contributed by atoms with Crippen LogP contribution in [0.3, 0.4) is 0 Å². The van der Waals surface area contributed by atoms with Crippen LogP contribution in [0.4, 0.5) is 0 Å². The van der Waals surface area contributed by atoms with Gasteiger partial charge in [-0.3, -0.25) is 4.40 Å². The van der Waals surface area contributed by atoms with Crippen LogP contribution in [0.1, 0.15) is 5.56 Å². The van der Waals surface area contributed by atoms with E-state index in [1.165, 1.54) is 10.9 Å². The van der Waals surface area contributed by atoms with Crippen molar-refractivity contribution in [2.45, 2.75) is 6.92 Å². The molecule has 1 aromatic carbocycles. The quantitative estimate of drug-likeness (QED) is 0.534. The molecule has 0 bridgehead atoms. The summed E-state index contributed by atoms with van der Waals surface area (Å²) in [5, 5.41) is 9.20. The van der Waals surface area contributed by atoms with Gasteiger partial charge in [-0.05, 0) is 24.6 Å². The molecule has 0 saturated carbocycles. The van der Waals surface area contributed by atoms with Crippen LogP contribution in [0, 0.1) is 6.92 Å². The van der Waals surface area contributed by atoms with Crippen LogP contribution in [0.25, 0.3) is 16.6 Å². The van der Waals surface area contributed by atoms with E-state index in [4.69, 9.17) is 0 Å². The van der Waals surface area contributed by atoms with Gasteiger partial charge in [0.2, 0.25) is 0 Å². The Morgan fingerprint density at radius 3 is 3.00 bits per heavy atom. The van der Waals surface area contributed by atoms with Gasteiger partial charge < -0.3 is 0 Å². The maximum atomic E-state index is 4.04. The Morgan fingerprint density at radius 2 is 2.07 bits per heavy atom. The number of benzene rings is 1.